The topological polar surface area (TPSA) is 364 Å². The largest absolute Gasteiger partial charge is 0.481 e. The SMILES string of the molecule is C=C/C=C/C(=O)SCCNC(=O)CCNC(=O)[C@H](O)C(C)(C)COP(=O)(O)OP(=O)(O)OC[C@H]1O[C@@H](n2cnc3c(N)ncnc32)[C@H](O)[C@@H]1OP(=O)(O)O. The lowest BCUT2D eigenvalue weighted by atomic mass is 9.87. The zero-order chi connectivity index (χ0) is 40.5. The Labute approximate surface area is 310 Å². The lowest BCUT2D eigenvalue weighted by molar-refractivity contribution is -0.137. The molecule has 0 aromatic carbocycles. The molecule has 28 heteroatoms. The number of thioether (sulfide) groups is 1. The fourth-order valence-electron chi connectivity index (χ4n) is 4.48. The summed E-state index contributed by atoms with van der Waals surface area (Å²) in [7, 11) is -16.4. The van der Waals surface area contributed by atoms with E-state index in [9.17, 15) is 57.9 Å². The third-order valence-corrected chi connectivity index (χ3v) is 11.0. The molecule has 0 bridgehead atoms. The number of imidazole rings is 1. The second-order valence-corrected chi connectivity index (χ2v) is 17.2. The first-order valence-electron chi connectivity index (χ1n) is 15.4. The van der Waals surface area contributed by atoms with Crippen LogP contribution >= 0.6 is 35.2 Å². The van der Waals surface area contributed by atoms with E-state index in [-0.39, 0.29) is 41.6 Å². The molecular weight excluding hydrogens is 807 g/mol. The van der Waals surface area contributed by atoms with E-state index >= 15 is 0 Å². The molecule has 2 aromatic rings. The van der Waals surface area contributed by atoms with Crippen molar-refractivity contribution in [2.75, 3.05) is 37.8 Å². The van der Waals surface area contributed by atoms with E-state index in [1.165, 1.54) is 32.1 Å². The van der Waals surface area contributed by atoms with E-state index in [2.05, 4.69) is 41.0 Å². The molecule has 1 fully saturated rings. The van der Waals surface area contributed by atoms with Gasteiger partial charge in [-0.05, 0) is 6.08 Å². The number of aliphatic hydroxyl groups excluding tert-OH is 2. The maximum Gasteiger partial charge on any atom is 0.481 e. The highest BCUT2D eigenvalue weighted by atomic mass is 32.2. The van der Waals surface area contributed by atoms with Crippen LogP contribution in [0.1, 0.15) is 26.5 Å². The minimum Gasteiger partial charge on any atom is -0.386 e. The molecule has 1 aliphatic heterocycles. The summed E-state index contributed by atoms with van der Waals surface area (Å²) >= 11 is 0.976. The van der Waals surface area contributed by atoms with Crippen LogP contribution in [-0.4, -0.2) is 123 Å². The molecule has 10 N–H and O–H groups in total. The average Bonchev–Trinajstić information content (AvgIpc) is 3.63. The molecule has 0 aliphatic carbocycles. The summed E-state index contributed by atoms with van der Waals surface area (Å²) in [6.45, 7) is 3.88. The molecule has 1 saturated heterocycles. The first kappa shape index (κ1) is 45.4. The third-order valence-electron chi connectivity index (χ3n) is 7.11. The maximum atomic E-state index is 12.6. The van der Waals surface area contributed by atoms with Gasteiger partial charge >= 0.3 is 23.5 Å². The Morgan fingerprint density at radius 2 is 1.80 bits per heavy atom. The van der Waals surface area contributed by atoms with Gasteiger partial charge in [-0.2, -0.15) is 4.31 Å². The Kier molecular flexibility index (Phi) is 16.2. The van der Waals surface area contributed by atoms with E-state index in [0.717, 1.165) is 29.0 Å². The van der Waals surface area contributed by atoms with Gasteiger partial charge in [-0.3, -0.25) is 32.5 Å². The Morgan fingerprint density at radius 1 is 1.11 bits per heavy atom. The molecule has 1 aliphatic rings. The van der Waals surface area contributed by atoms with Gasteiger partial charge < -0.3 is 50.9 Å². The van der Waals surface area contributed by atoms with Crippen molar-refractivity contribution in [1.82, 2.24) is 30.2 Å². The summed E-state index contributed by atoms with van der Waals surface area (Å²) in [6, 6.07) is 0. The normalized spacial score (nSPS) is 22.1. The minimum absolute atomic E-state index is 0.0283. The highest BCUT2D eigenvalue weighted by Gasteiger charge is 2.50. The molecule has 3 rings (SSSR count). The molecule has 0 spiro atoms. The summed E-state index contributed by atoms with van der Waals surface area (Å²) < 4.78 is 62.0. The smallest absolute Gasteiger partial charge is 0.386 e. The van der Waals surface area contributed by atoms with Crippen LogP contribution in [0, 0.1) is 5.41 Å². The summed E-state index contributed by atoms with van der Waals surface area (Å²) in [4.78, 5) is 86.9. The second-order valence-electron chi connectivity index (χ2n) is 11.8. The third kappa shape index (κ3) is 13.7. The van der Waals surface area contributed by atoms with Crippen molar-refractivity contribution >= 4 is 69.1 Å². The average molecular weight is 848 g/mol. The number of carbonyl (C=O) groups excluding carboxylic acids is 3. The zero-order valence-corrected chi connectivity index (χ0v) is 32.0. The number of nitrogen functional groups attached to an aromatic ring is 1. The fourth-order valence-corrected chi connectivity index (χ4v) is 7.89. The number of phosphoric ester groups is 3. The molecule has 302 valence electrons. The fraction of sp³-hybridized carbons (Fsp3) is 0.538. The monoisotopic (exact) mass is 847 g/mol. The number of fused-ring (bicyclic) bond motifs is 1. The van der Waals surface area contributed by atoms with Crippen LogP contribution in [0.15, 0.2) is 37.5 Å². The van der Waals surface area contributed by atoms with Crippen molar-refractivity contribution in [3.05, 3.63) is 37.5 Å². The molecular formula is C26H40N7O17P3S. The predicted octanol–water partition coefficient (Wildman–Crippen LogP) is -0.593. The van der Waals surface area contributed by atoms with E-state index in [4.69, 9.17) is 19.5 Å². The summed E-state index contributed by atoms with van der Waals surface area (Å²) in [5.74, 6) is -1.19. The number of hydrogen-bond donors (Lipinski definition) is 9. The highest BCUT2D eigenvalue weighted by molar-refractivity contribution is 8.14. The number of allylic oxidation sites excluding steroid dienone is 2. The molecule has 0 saturated carbocycles. The lowest BCUT2D eigenvalue weighted by Gasteiger charge is -2.30. The molecule has 7 atom stereocenters. The van der Waals surface area contributed by atoms with Crippen molar-refractivity contribution in [3.63, 3.8) is 0 Å². The van der Waals surface area contributed by atoms with Gasteiger partial charge in [-0.15, -0.1) is 0 Å². The zero-order valence-electron chi connectivity index (χ0n) is 28.5. The van der Waals surface area contributed by atoms with Crippen LogP contribution in [0.4, 0.5) is 5.82 Å². The van der Waals surface area contributed by atoms with Crippen LogP contribution in [-0.2, 0) is 50.7 Å². The predicted molar refractivity (Wildman–Crippen MR) is 186 cm³/mol. The number of nitrogens with zero attached hydrogens (tertiary/aromatic N) is 4. The van der Waals surface area contributed by atoms with Gasteiger partial charge in [0.25, 0.3) is 0 Å². The van der Waals surface area contributed by atoms with Crippen LogP contribution in [0.5, 0.6) is 0 Å². The number of aliphatic hydroxyl groups is 2. The Hall–Kier alpha value is -2.96. The van der Waals surface area contributed by atoms with Crippen molar-refractivity contribution < 1.29 is 80.5 Å². The molecule has 2 aromatic heterocycles. The quantitative estimate of drug-likeness (QED) is 0.0328. The number of phosphoric acid groups is 3. The van der Waals surface area contributed by atoms with E-state index in [1.54, 1.807) is 0 Å². The minimum atomic E-state index is -5.57. The van der Waals surface area contributed by atoms with E-state index in [0.29, 0.717) is 5.75 Å². The van der Waals surface area contributed by atoms with Crippen LogP contribution in [0.2, 0.25) is 0 Å². The second kappa shape index (κ2) is 19.3. The number of nitrogens with two attached hydrogens (primary N) is 1. The highest BCUT2D eigenvalue weighted by Crippen LogP contribution is 2.61. The van der Waals surface area contributed by atoms with Crippen molar-refractivity contribution in [2.24, 2.45) is 5.41 Å². The van der Waals surface area contributed by atoms with Crippen molar-refractivity contribution in [1.29, 1.82) is 0 Å². The summed E-state index contributed by atoms with van der Waals surface area (Å²) in [5.41, 5.74) is 4.25. The van der Waals surface area contributed by atoms with E-state index < -0.39 is 84.6 Å². The molecule has 24 nitrogen and oxygen atoms in total. The van der Waals surface area contributed by atoms with Gasteiger partial charge in [0.1, 0.15) is 36.3 Å². The molecule has 3 heterocycles. The first-order chi connectivity index (χ1) is 25.1. The number of nitrogens with one attached hydrogen (secondary N) is 2. The van der Waals surface area contributed by atoms with Gasteiger partial charge in [0.15, 0.2) is 17.7 Å². The number of carbonyl (C=O) groups is 3. The van der Waals surface area contributed by atoms with Gasteiger partial charge in [0.05, 0.1) is 19.5 Å². The Bertz CT molecular complexity index is 1840. The van der Waals surface area contributed by atoms with Gasteiger partial charge in [-0.1, -0.05) is 44.3 Å². The summed E-state index contributed by atoms with van der Waals surface area (Å²) in [6.07, 6.45) is -2.70. The van der Waals surface area contributed by atoms with Crippen LogP contribution in [0.3, 0.4) is 0 Å². The number of ether oxygens (including phenoxy) is 1. The molecule has 0 radical (unpaired) electrons. The number of anilines is 1. The van der Waals surface area contributed by atoms with Gasteiger partial charge in [0, 0.05) is 30.7 Å². The van der Waals surface area contributed by atoms with Crippen LogP contribution in [0.25, 0.3) is 11.2 Å². The van der Waals surface area contributed by atoms with Gasteiger partial charge in [-0.25, -0.2) is 28.6 Å². The Morgan fingerprint density at radius 3 is 2.46 bits per heavy atom. The standard InChI is InChI=1S/C26H40N7O17P3S/c1-4-5-6-17(35)54-10-9-28-16(34)7-8-29-24(38)21(37)26(2,3)12-47-53(44,45)50-52(42,43)46-11-15-20(49-51(39,40)41)19(36)25(48-15)33-14-32-18-22(27)30-13-31-23(18)33/h4-6,13-15,19-21,25,36-37H,1,7-12H2,2-3H3,(H,28,34)(H,29,38)(H,42,43)(H,44,45)(H2,27,30,31)(H2,39,40,41)/b6-5+/t15-,19-,20-,21+,25-/m1/s1. The Balaban J connectivity index is 1.51. The molecule has 54 heavy (non-hydrogen) atoms. The lowest BCUT2D eigenvalue weighted by Crippen LogP contribution is -2.46. The van der Waals surface area contributed by atoms with Crippen LogP contribution < -0.4 is 16.4 Å². The first-order valence-corrected chi connectivity index (χ1v) is 20.9. The molecule has 2 amide bonds. The number of rotatable bonds is 21. The molecule has 2 unspecified atom stereocenters. The summed E-state index contributed by atoms with van der Waals surface area (Å²) in [5, 5.41) is 26.0. The van der Waals surface area contributed by atoms with Crippen molar-refractivity contribution in [3.8, 4) is 0 Å². The number of aromatic nitrogens is 4. The van der Waals surface area contributed by atoms with Gasteiger partial charge in [0.2, 0.25) is 16.9 Å². The van der Waals surface area contributed by atoms with E-state index in [1.807, 2.05) is 0 Å². The number of amides is 2. The number of hydrogen-bond acceptors (Lipinski definition) is 18. The maximum absolute atomic E-state index is 12.6. The van der Waals surface area contributed by atoms with Crippen molar-refractivity contribution in [2.45, 2.75) is 50.9 Å².